The molecular formula is C22H31FIN3O3. The molecule has 2 aromatic carbocycles. The van der Waals surface area contributed by atoms with E-state index in [1.165, 1.54) is 0 Å². The van der Waals surface area contributed by atoms with Crippen molar-refractivity contribution < 1.29 is 18.6 Å². The Bertz CT molecular complexity index is 862. The minimum atomic E-state index is -0.215. The number of hydrogen-bond donors (Lipinski definition) is 2. The molecule has 2 aromatic rings. The van der Waals surface area contributed by atoms with Crippen molar-refractivity contribution in [3.8, 4) is 17.2 Å². The number of halogens is 2. The Hall–Kier alpha value is -2.23. The predicted molar refractivity (Wildman–Crippen MR) is 129 cm³/mol. The van der Waals surface area contributed by atoms with Crippen molar-refractivity contribution in [2.75, 3.05) is 27.9 Å². The first-order valence-corrected chi connectivity index (χ1v) is 9.53. The molecule has 0 saturated heterocycles. The average Bonchev–Trinajstić information content (AvgIpc) is 2.73. The number of aryl methyl sites for hydroxylation is 1. The maximum absolute atomic E-state index is 13.9. The second-order valence-electron chi connectivity index (χ2n) is 6.59. The van der Waals surface area contributed by atoms with Gasteiger partial charge in [-0.25, -0.2) is 9.38 Å². The molecule has 1 unspecified atom stereocenters. The van der Waals surface area contributed by atoms with Crippen molar-refractivity contribution in [1.82, 2.24) is 10.6 Å². The summed E-state index contributed by atoms with van der Waals surface area (Å²) in [5.41, 5.74) is 2.33. The molecule has 0 saturated carbocycles. The van der Waals surface area contributed by atoms with E-state index >= 15 is 0 Å². The fraction of sp³-hybridized carbons (Fsp3) is 0.409. The lowest BCUT2D eigenvalue weighted by molar-refractivity contribution is 0.347. The number of aliphatic imine (C=N–C) groups is 1. The van der Waals surface area contributed by atoms with Gasteiger partial charge in [-0.1, -0.05) is 12.1 Å². The molecule has 8 heteroatoms. The lowest BCUT2D eigenvalue weighted by atomic mass is 10.1. The molecule has 0 bridgehead atoms. The summed E-state index contributed by atoms with van der Waals surface area (Å²) >= 11 is 0. The number of rotatable bonds is 8. The van der Waals surface area contributed by atoms with E-state index in [0.717, 1.165) is 11.1 Å². The zero-order valence-electron chi connectivity index (χ0n) is 18.3. The average molecular weight is 531 g/mol. The molecule has 0 radical (unpaired) electrons. The monoisotopic (exact) mass is 531 g/mol. The molecule has 0 aliphatic rings. The third-order valence-corrected chi connectivity index (χ3v) is 4.59. The molecule has 1 atom stereocenters. The van der Waals surface area contributed by atoms with Crippen molar-refractivity contribution in [3.63, 3.8) is 0 Å². The topological polar surface area (TPSA) is 64.1 Å². The van der Waals surface area contributed by atoms with E-state index in [4.69, 9.17) is 14.2 Å². The first kappa shape index (κ1) is 25.8. The first-order chi connectivity index (χ1) is 13.9. The van der Waals surface area contributed by atoms with Gasteiger partial charge < -0.3 is 24.8 Å². The minimum absolute atomic E-state index is 0. The van der Waals surface area contributed by atoms with E-state index < -0.39 is 0 Å². The number of guanidine groups is 1. The van der Waals surface area contributed by atoms with Crippen LogP contribution in [0.1, 0.15) is 36.6 Å². The van der Waals surface area contributed by atoms with Crippen LogP contribution >= 0.6 is 24.0 Å². The van der Waals surface area contributed by atoms with Gasteiger partial charge in [-0.05, 0) is 44.0 Å². The molecular weight excluding hydrogens is 500 g/mol. The van der Waals surface area contributed by atoms with Crippen LogP contribution in [0.2, 0.25) is 0 Å². The first-order valence-electron chi connectivity index (χ1n) is 9.53. The standard InChI is InChI=1S/C22H30FN3O3.HI/c1-7-24-22(26-15(3)16-9-8-14(2)18(23)10-16)25-13-17-11-20(28-5)21(29-6)12-19(17)27-4;/h8-12,15H,7,13H2,1-6H3,(H2,24,25,26);1H. The molecule has 0 heterocycles. The Kier molecular flexibility index (Phi) is 10.7. The normalized spacial score (nSPS) is 11.9. The summed E-state index contributed by atoms with van der Waals surface area (Å²) < 4.78 is 30.1. The fourth-order valence-corrected chi connectivity index (χ4v) is 2.87. The van der Waals surface area contributed by atoms with E-state index in [1.54, 1.807) is 46.5 Å². The van der Waals surface area contributed by atoms with Crippen molar-refractivity contribution in [2.24, 2.45) is 4.99 Å². The number of hydrogen-bond acceptors (Lipinski definition) is 4. The van der Waals surface area contributed by atoms with Crippen molar-refractivity contribution in [1.29, 1.82) is 0 Å². The van der Waals surface area contributed by atoms with E-state index in [-0.39, 0.29) is 35.8 Å². The van der Waals surface area contributed by atoms with Gasteiger partial charge in [0.1, 0.15) is 11.6 Å². The number of benzene rings is 2. The van der Waals surface area contributed by atoms with Gasteiger partial charge in [-0.3, -0.25) is 0 Å². The van der Waals surface area contributed by atoms with E-state index in [0.29, 0.717) is 41.9 Å². The number of methoxy groups -OCH3 is 3. The fourth-order valence-electron chi connectivity index (χ4n) is 2.87. The van der Waals surface area contributed by atoms with Gasteiger partial charge in [0.25, 0.3) is 0 Å². The molecule has 2 rings (SSSR count). The summed E-state index contributed by atoms with van der Waals surface area (Å²) in [6.07, 6.45) is 0. The second kappa shape index (κ2) is 12.5. The quantitative estimate of drug-likeness (QED) is 0.297. The van der Waals surface area contributed by atoms with E-state index in [9.17, 15) is 4.39 Å². The Labute approximate surface area is 195 Å². The molecule has 0 spiro atoms. The Morgan fingerprint density at radius 2 is 1.67 bits per heavy atom. The summed E-state index contributed by atoms with van der Waals surface area (Å²) in [6, 6.07) is 8.76. The number of nitrogens with zero attached hydrogens (tertiary/aromatic N) is 1. The summed E-state index contributed by atoms with van der Waals surface area (Å²) in [4.78, 5) is 4.65. The predicted octanol–water partition coefficient (Wildman–Crippen LogP) is 4.59. The lowest BCUT2D eigenvalue weighted by Crippen LogP contribution is -2.38. The van der Waals surface area contributed by atoms with Crippen LogP contribution in [-0.4, -0.2) is 33.8 Å². The van der Waals surface area contributed by atoms with Crippen LogP contribution in [0.15, 0.2) is 35.3 Å². The second-order valence-corrected chi connectivity index (χ2v) is 6.59. The zero-order valence-corrected chi connectivity index (χ0v) is 20.7. The van der Waals surface area contributed by atoms with Gasteiger partial charge in [0, 0.05) is 18.2 Å². The Morgan fingerprint density at radius 3 is 2.23 bits per heavy atom. The van der Waals surface area contributed by atoms with Crippen LogP contribution < -0.4 is 24.8 Å². The van der Waals surface area contributed by atoms with Crippen molar-refractivity contribution in [2.45, 2.75) is 33.4 Å². The molecule has 0 aromatic heterocycles. The highest BCUT2D eigenvalue weighted by molar-refractivity contribution is 14.0. The molecule has 0 amide bonds. The lowest BCUT2D eigenvalue weighted by Gasteiger charge is -2.19. The summed E-state index contributed by atoms with van der Waals surface area (Å²) in [5.74, 6) is 2.28. The highest BCUT2D eigenvalue weighted by atomic mass is 127. The summed E-state index contributed by atoms with van der Waals surface area (Å²) in [7, 11) is 4.77. The third kappa shape index (κ3) is 6.65. The maximum Gasteiger partial charge on any atom is 0.192 e. The van der Waals surface area contributed by atoms with Gasteiger partial charge in [-0.15, -0.1) is 24.0 Å². The number of ether oxygens (including phenoxy) is 3. The molecule has 30 heavy (non-hydrogen) atoms. The van der Waals surface area contributed by atoms with E-state index in [2.05, 4.69) is 15.6 Å². The molecule has 0 fully saturated rings. The van der Waals surface area contributed by atoms with Crippen LogP contribution in [0.5, 0.6) is 17.2 Å². The van der Waals surface area contributed by atoms with Gasteiger partial charge in [0.15, 0.2) is 17.5 Å². The SMILES string of the molecule is CCNC(=NCc1cc(OC)c(OC)cc1OC)NC(C)c1ccc(C)c(F)c1.I. The Morgan fingerprint density at radius 1 is 1.03 bits per heavy atom. The zero-order chi connectivity index (χ0) is 21.4. The summed E-state index contributed by atoms with van der Waals surface area (Å²) in [6.45, 7) is 6.77. The molecule has 0 aliphatic carbocycles. The van der Waals surface area contributed by atoms with Crippen molar-refractivity contribution in [3.05, 3.63) is 52.8 Å². The van der Waals surface area contributed by atoms with Crippen LogP contribution in [0, 0.1) is 12.7 Å². The third-order valence-electron chi connectivity index (χ3n) is 4.59. The van der Waals surface area contributed by atoms with Gasteiger partial charge in [0.2, 0.25) is 0 Å². The number of nitrogens with one attached hydrogen (secondary N) is 2. The summed E-state index contributed by atoms with van der Waals surface area (Å²) in [5, 5.41) is 6.53. The molecule has 0 aliphatic heterocycles. The Balaban J connectivity index is 0.00000450. The molecule has 2 N–H and O–H groups in total. The maximum atomic E-state index is 13.9. The molecule has 166 valence electrons. The highest BCUT2D eigenvalue weighted by Gasteiger charge is 2.13. The molecule has 6 nitrogen and oxygen atoms in total. The largest absolute Gasteiger partial charge is 0.496 e. The van der Waals surface area contributed by atoms with Crippen LogP contribution in [-0.2, 0) is 6.54 Å². The smallest absolute Gasteiger partial charge is 0.192 e. The minimum Gasteiger partial charge on any atom is -0.496 e. The van der Waals surface area contributed by atoms with Crippen LogP contribution in [0.3, 0.4) is 0 Å². The van der Waals surface area contributed by atoms with Crippen molar-refractivity contribution >= 4 is 29.9 Å². The highest BCUT2D eigenvalue weighted by Crippen LogP contribution is 2.34. The van der Waals surface area contributed by atoms with Crippen LogP contribution in [0.25, 0.3) is 0 Å². The van der Waals surface area contributed by atoms with Crippen LogP contribution in [0.4, 0.5) is 4.39 Å². The van der Waals surface area contributed by atoms with E-state index in [1.807, 2.05) is 26.0 Å². The van der Waals surface area contributed by atoms with Gasteiger partial charge in [-0.2, -0.15) is 0 Å². The van der Waals surface area contributed by atoms with Gasteiger partial charge in [0.05, 0.1) is 33.9 Å². The van der Waals surface area contributed by atoms with Gasteiger partial charge >= 0.3 is 0 Å².